The van der Waals surface area contributed by atoms with E-state index < -0.39 is 5.91 Å². The van der Waals surface area contributed by atoms with Gasteiger partial charge in [0.05, 0.1) is 12.5 Å². The number of nitrogens with one attached hydrogen (secondary N) is 1. The van der Waals surface area contributed by atoms with Crippen LogP contribution < -0.4 is 10.2 Å². The molecule has 126 valence electrons. The number of benzene rings is 2. The minimum absolute atomic E-state index is 0.201. The molecule has 0 saturated carbocycles. The highest BCUT2D eigenvalue weighted by molar-refractivity contribution is 9.10. The van der Waals surface area contributed by atoms with Gasteiger partial charge in [0.1, 0.15) is 12.4 Å². The molecule has 0 aliphatic carbocycles. The average molecular weight is 399 g/mol. The highest BCUT2D eigenvalue weighted by Gasteiger charge is 2.07. The predicted molar refractivity (Wildman–Crippen MR) is 98.7 cm³/mol. The first-order chi connectivity index (χ1) is 12.2. The van der Waals surface area contributed by atoms with Gasteiger partial charge in [-0.3, -0.25) is 4.79 Å². The van der Waals surface area contributed by atoms with Gasteiger partial charge < -0.3 is 9.15 Å². The summed E-state index contributed by atoms with van der Waals surface area (Å²) >= 11 is 3.43. The van der Waals surface area contributed by atoms with E-state index in [1.165, 1.54) is 12.5 Å². The van der Waals surface area contributed by atoms with Gasteiger partial charge in [-0.25, -0.2) is 5.43 Å². The molecular weight excluding hydrogens is 384 g/mol. The third-order valence-electron chi connectivity index (χ3n) is 3.32. The summed E-state index contributed by atoms with van der Waals surface area (Å²) in [5.74, 6) is 0.456. The van der Waals surface area contributed by atoms with Gasteiger partial charge in [0.15, 0.2) is 5.76 Å². The van der Waals surface area contributed by atoms with Crippen LogP contribution in [0.4, 0.5) is 0 Å². The minimum Gasteiger partial charge on any atom is -0.488 e. The summed E-state index contributed by atoms with van der Waals surface area (Å²) in [5.41, 5.74) is 4.23. The van der Waals surface area contributed by atoms with Crippen molar-refractivity contribution in [3.63, 3.8) is 0 Å². The van der Waals surface area contributed by atoms with Crippen molar-refractivity contribution in [2.75, 3.05) is 0 Å². The Morgan fingerprint density at radius 2 is 2.00 bits per heavy atom. The lowest BCUT2D eigenvalue weighted by atomic mass is 10.2. The lowest BCUT2D eigenvalue weighted by Gasteiger charge is -2.09. The standard InChI is InChI=1S/C19H15BrN2O3/c20-16-8-9-17(25-13-14-5-2-1-3-6-14)15(11-16)12-21-22-19(23)18-7-4-10-24-18/h1-12H,13H2,(H,22,23)/b21-12+. The van der Waals surface area contributed by atoms with Crippen LogP contribution in [0.25, 0.3) is 0 Å². The van der Waals surface area contributed by atoms with Crippen molar-refractivity contribution in [1.82, 2.24) is 5.43 Å². The van der Waals surface area contributed by atoms with Crippen molar-refractivity contribution in [1.29, 1.82) is 0 Å². The van der Waals surface area contributed by atoms with Crippen LogP contribution in [0.5, 0.6) is 5.75 Å². The maximum absolute atomic E-state index is 11.8. The Morgan fingerprint density at radius 1 is 1.16 bits per heavy atom. The molecule has 0 spiro atoms. The van der Waals surface area contributed by atoms with Crippen LogP contribution in [0.15, 0.2) is 80.9 Å². The number of hydrogen-bond donors (Lipinski definition) is 1. The van der Waals surface area contributed by atoms with E-state index in [9.17, 15) is 4.79 Å². The zero-order chi connectivity index (χ0) is 17.5. The lowest BCUT2D eigenvalue weighted by Crippen LogP contribution is -2.16. The summed E-state index contributed by atoms with van der Waals surface area (Å²) in [7, 11) is 0. The first kappa shape index (κ1) is 17.0. The molecule has 3 rings (SSSR count). The summed E-state index contributed by atoms with van der Waals surface area (Å²) in [5, 5.41) is 3.97. The summed E-state index contributed by atoms with van der Waals surface area (Å²) in [6, 6.07) is 18.7. The number of carbonyl (C=O) groups is 1. The molecule has 0 unspecified atom stereocenters. The second kappa shape index (κ2) is 8.30. The van der Waals surface area contributed by atoms with Gasteiger partial charge in [-0.2, -0.15) is 5.10 Å². The van der Waals surface area contributed by atoms with Gasteiger partial charge >= 0.3 is 5.91 Å². The third kappa shape index (κ3) is 4.81. The Morgan fingerprint density at radius 3 is 2.76 bits per heavy atom. The first-order valence-electron chi connectivity index (χ1n) is 7.55. The smallest absolute Gasteiger partial charge is 0.307 e. The van der Waals surface area contributed by atoms with Crippen molar-refractivity contribution in [2.45, 2.75) is 6.61 Å². The van der Waals surface area contributed by atoms with Gasteiger partial charge in [0.2, 0.25) is 0 Å². The molecule has 1 aromatic heterocycles. The second-order valence-electron chi connectivity index (χ2n) is 5.13. The Hall–Kier alpha value is -2.86. The van der Waals surface area contributed by atoms with Gasteiger partial charge in [-0.05, 0) is 35.9 Å². The number of ether oxygens (including phenoxy) is 1. The van der Waals surface area contributed by atoms with Gasteiger partial charge in [-0.15, -0.1) is 0 Å². The molecule has 0 aliphatic rings. The van der Waals surface area contributed by atoms with Crippen LogP contribution in [-0.2, 0) is 6.61 Å². The number of amides is 1. The van der Waals surface area contributed by atoms with E-state index in [0.29, 0.717) is 12.4 Å². The maximum atomic E-state index is 11.8. The monoisotopic (exact) mass is 398 g/mol. The second-order valence-corrected chi connectivity index (χ2v) is 6.05. The lowest BCUT2D eigenvalue weighted by molar-refractivity contribution is 0.0927. The van der Waals surface area contributed by atoms with Crippen LogP contribution >= 0.6 is 15.9 Å². The third-order valence-corrected chi connectivity index (χ3v) is 3.82. The Labute approximate surface area is 153 Å². The van der Waals surface area contributed by atoms with Crippen LogP contribution in [0.1, 0.15) is 21.7 Å². The van der Waals surface area contributed by atoms with E-state index in [1.54, 1.807) is 12.1 Å². The summed E-state index contributed by atoms with van der Waals surface area (Å²) in [4.78, 5) is 11.8. The molecule has 2 aromatic carbocycles. The molecule has 3 aromatic rings. The van der Waals surface area contributed by atoms with Gasteiger partial charge in [0, 0.05) is 10.0 Å². The minimum atomic E-state index is -0.414. The van der Waals surface area contributed by atoms with Crippen molar-refractivity contribution >= 4 is 28.1 Å². The van der Waals surface area contributed by atoms with E-state index in [-0.39, 0.29) is 5.76 Å². The van der Waals surface area contributed by atoms with E-state index in [1.807, 2.05) is 48.5 Å². The fourth-order valence-corrected chi connectivity index (χ4v) is 2.49. The van der Waals surface area contributed by atoms with Crippen LogP contribution in [0, 0.1) is 0 Å². The number of nitrogens with zero attached hydrogens (tertiary/aromatic N) is 1. The zero-order valence-electron chi connectivity index (χ0n) is 13.2. The summed E-state index contributed by atoms with van der Waals surface area (Å²) in [6.07, 6.45) is 2.97. The maximum Gasteiger partial charge on any atom is 0.307 e. The number of furan rings is 1. The number of hydrogen-bond acceptors (Lipinski definition) is 4. The van der Waals surface area contributed by atoms with Crippen molar-refractivity contribution in [2.24, 2.45) is 5.10 Å². The Bertz CT molecular complexity index is 862. The fraction of sp³-hybridized carbons (Fsp3) is 0.0526. The molecule has 0 saturated heterocycles. The topological polar surface area (TPSA) is 63.8 Å². The SMILES string of the molecule is O=C(N/N=C/c1cc(Br)ccc1OCc1ccccc1)c1ccco1. The van der Waals surface area contributed by atoms with E-state index in [0.717, 1.165) is 15.6 Å². The van der Waals surface area contributed by atoms with Crippen molar-refractivity contribution < 1.29 is 13.9 Å². The highest BCUT2D eigenvalue weighted by atomic mass is 79.9. The first-order valence-corrected chi connectivity index (χ1v) is 8.35. The van der Waals surface area contributed by atoms with Crippen molar-refractivity contribution in [3.05, 3.63) is 88.3 Å². The van der Waals surface area contributed by atoms with Crippen LogP contribution in [-0.4, -0.2) is 12.1 Å². The summed E-state index contributed by atoms with van der Waals surface area (Å²) in [6.45, 7) is 0.446. The highest BCUT2D eigenvalue weighted by Crippen LogP contribution is 2.22. The molecule has 25 heavy (non-hydrogen) atoms. The average Bonchev–Trinajstić information content (AvgIpc) is 3.16. The Kier molecular flexibility index (Phi) is 5.64. The fourth-order valence-electron chi connectivity index (χ4n) is 2.11. The molecule has 1 amide bonds. The number of halogens is 1. The largest absolute Gasteiger partial charge is 0.488 e. The normalized spacial score (nSPS) is 10.8. The number of hydrazone groups is 1. The molecule has 0 radical (unpaired) electrons. The quantitative estimate of drug-likeness (QED) is 0.494. The molecular formula is C19H15BrN2O3. The van der Waals surface area contributed by atoms with Crippen LogP contribution in [0.2, 0.25) is 0 Å². The summed E-state index contributed by atoms with van der Waals surface area (Å²) < 4.78 is 11.8. The van der Waals surface area contributed by atoms with Crippen LogP contribution in [0.3, 0.4) is 0 Å². The Balaban J connectivity index is 1.68. The molecule has 6 heteroatoms. The molecule has 0 bridgehead atoms. The molecule has 0 atom stereocenters. The van der Waals surface area contributed by atoms with Crippen molar-refractivity contribution in [3.8, 4) is 5.75 Å². The molecule has 1 N–H and O–H groups in total. The molecule has 0 aliphatic heterocycles. The van der Waals surface area contributed by atoms with Gasteiger partial charge in [0.25, 0.3) is 0 Å². The molecule has 5 nitrogen and oxygen atoms in total. The number of rotatable bonds is 6. The zero-order valence-corrected chi connectivity index (χ0v) is 14.8. The van der Waals surface area contributed by atoms with E-state index in [4.69, 9.17) is 9.15 Å². The van der Waals surface area contributed by atoms with Gasteiger partial charge in [-0.1, -0.05) is 46.3 Å². The molecule has 1 heterocycles. The number of carbonyl (C=O) groups excluding carboxylic acids is 1. The van der Waals surface area contributed by atoms with E-state index >= 15 is 0 Å². The predicted octanol–water partition coefficient (Wildman–Crippen LogP) is 4.39. The molecule has 0 fully saturated rings. The van der Waals surface area contributed by atoms with E-state index in [2.05, 4.69) is 26.5 Å².